The van der Waals surface area contributed by atoms with E-state index in [9.17, 15) is 4.79 Å². The van der Waals surface area contributed by atoms with Gasteiger partial charge in [0.2, 0.25) is 0 Å². The van der Waals surface area contributed by atoms with Crippen LogP contribution in [0.5, 0.6) is 0 Å². The zero-order valence-corrected chi connectivity index (χ0v) is 8.51. The van der Waals surface area contributed by atoms with Crippen molar-refractivity contribution in [3.8, 4) is 0 Å². The van der Waals surface area contributed by atoms with E-state index in [1.165, 1.54) is 26.4 Å². The molecular formula is C10H17BO2. The quantitative estimate of drug-likeness (QED) is 0.616. The summed E-state index contributed by atoms with van der Waals surface area (Å²) in [5.74, 6) is 0.571. The fourth-order valence-corrected chi connectivity index (χ4v) is 1.74. The van der Waals surface area contributed by atoms with E-state index in [1.807, 2.05) is 13.8 Å². The molecule has 0 heterocycles. The van der Waals surface area contributed by atoms with Crippen LogP contribution in [0.1, 0.15) is 39.5 Å². The molecule has 0 unspecified atom stereocenters. The van der Waals surface area contributed by atoms with Gasteiger partial charge in [0.25, 0.3) is 0 Å². The van der Waals surface area contributed by atoms with E-state index >= 15 is 0 Å². The third-order valence-electron chi connectivity index (χ3n) is 2.77. The van der Waals surface area contributed by atoms with Crippen LogP contribution in [0, 0.1) is 11.3 Å². The molecule has 1 saturated carbocycles. The van der Waals surface area contributed by atoms with Gasteiger partial charge in [0, 0.05) is 0 Å². The summed E-state index contributed by atoms with van der Waals surface area (Å²) in [4.78, 5) is 11.4. The van der Waals surface area contributed by atoms with E-state index in [0.29, 0.717) is 0 Å². The Kier molecular flexibility index (Phi) is 3.29. The van der Waals surface area contributed by atoms with Gasteiger partial charge >= 0.3 is 79.9 Å². The molecule has 1 fully saturated rings. The molecule has 0 atom stereocenters. The zero-order valence-electron chi connectivity index (χ0n) is 8.51. The van der Waals surface area contributed by atoms with E-state index in [2.05, 4.69) is 6.47 Å². The second kappa shape index (κ2) is 4.08. The summed E-state index contributed by atoms with van der Waals surface area (Å²) in [6.45, 7) is 7.27. The molecule has 0 spiro atoms. The van der Waals surface area contributed by atoms with Crippen molar-refractivity contribution in [3.05, 3.63) is 0 Å². The van der Waals surface area contributed by atoms with Crippen molar-refractivity contribution in [3.63, 3.8) is 0 Å². The standard InChI is InChI=1S/C10H17BO2/c1-10(2,9(12)13-11-3)7-8-5-4-6-8/h8H,3-7H2,1-2H3. The molecule has 0 saturated heterocycles. The monoisotopic (exact) mass is 180 g/mol. The Hall–Kier alpha value is -0.595. The molecule has 72 valence electrons. The molecule has 0 aromatic rings. The first kappa shape index (κ1) is 10.5. The van der Waals surface area contributed by atoms with Crippen molar-refractivity contribution in [1.29, 1.82) is 0 Å². The zero-order chi connectivity index (χ0) is 9.90. The van der Waals surface area contributed by atoms with Crippen LogP contribution in [0.2, 0.25) is 0 Å². The number of hydrogen-bond acceptors (Lipinski definition) is 2. The molecule has 2 nitrogen and oxygen atoms in total. The molecule has 1 aliphatic carbocycles. The van der Waals surface area contributed by atoms with Gasteiger partial charge in [-0.1, -0.05) is 0 Å². The summed E-state index contributed by atoms with van der Waals surface area (Å²) in [6, 6.07) is 0. The molecule has 0 aromatic carbocycles. The van der Waals surface area contributed by atoms with E-state index in [4.69, 9.17) is 4.65 Å². The van der Waals surface area contributed by atoms with Crippen LogP contribution in [0.15, 0.2) is 0 Å². The second-order valence-corrected chi connectivity index (χ2v) is 4.46. The first-order valence-corrected chi connectivity index (χ1v) is 4.88. The van der Waals surface area contributed by atoms with E-state index < -0.39 is 0 Å². The molecule has 0 N–H and O–H groups in total. The van der Waals surface area contributed by atoms with Crippen LogP contribution < -0.4 is 0 Å². The van der Waals surface area contributed by atoms with Crippen LogP contribution in [0.25, 0.3) is 0 Å². The van der Waals surface area contributed by atoms with Crippen molar-refractivity contribution < 1.29 is 9.45 Å². The summed E-state index contributed by atoms with van der Waals surface area (Å²) in [5, 5.41) is 0. The fourth-order valence-electron chi connectivity index (χ4n) is 1.74. The van der Waals surface area contributed by atoms with Crippen molar-refractivity contribution in [1.82, 2.24) is 0 Å². The SMILES string of the molecule is C=BOC(=O)C(C)(C)CC1CCC1. The molecule has 1 aliphatic rings. The molecular weight excluding hydrogens is 163 g/mol. The number of hydrogen-bond donors (Lipinski definition) is 0. The number of carbonyl (C=O) groups is 1. The normalized spacial score (nSPS) is 17.4. The van der Waals surface area contributed by atoms with Gasteiger partial charge in [0.15, 0.2) is 0 Å². The average molecular weight is 180 g/mol. The predicted octanol–water partition coefficient (Wildman–Crippen LogP) is 1.80. The molecule has 0 amide bonds. The molecule has 0 radical (unpaired) electrons. The Morgan fingerprint density at radius 1 is 1.62 bits per heavy atom. The van der Waals surface area contributed by atoms with Crippen LogP contribution >= 0.6 is 0 Å². The second-order valence-electron chi connectivity index (χ2n) is 4.46. The number of carbonyl (C=O) groups excluding carboxylic acids is 1. The van der Waals surface area contributed by atoms with Crippen LogP contribution in [-0.4, -0.2) is 19.6 Å². The van der Waals surface area contributed by atoms with Crippen molar-refractivity contribution in [2.24, 2.45) is 11.3 Å². The van der Waals surface area contributed by atoms with Crippen molar-refractivity contribution in [2.45, 2.75) is 39.5 Å². The summed E-state index contributed by atoms with van der Waals surface area (Å²) in [7, 11) is 1.21. The van der Waals surface area contributed by atoms with Gasteiger partial charge in [-0.25, -0.2) is 0 Å². The topological polar surface area (TPSA) is 26.3 Å². The third-order valence-corrected chi connectivity index (χ3v) is 2.77. The molecule has 0 bridgehead atoms. The molecule has 0 aliphatic heterocycles. The Bertz CT molecular complexity index is 207. The van der Waals surface area contributed by atoms with Gasteiger partial charge in [-0.2, -0.15) is 0 Å². The van der Waals surface area contributed by atoms with Gasteiger partial charge < -0.3 is 0 Å². The first-order chi connectivity index (χ1) is 6.06. The van der Waals surface area contributed by atoms with E-state index in [0.717, 1.165) is 12.3 Å². The van der Waals surface area contributed by atoms with Crippen LogP contribution in [0.3, 0.4) is 0 Å². The van der Waals surface area contributed by atoms with Crippen molar-refractivity contribution in [2.75, 3.05) is 0 Å². The Labute approximate surface area is 80.6 Å². The molecule has 0 aromatic heterocycles. The van der Waals surface area contributed by atoms with Crippen molar-refractivity contribution >= 4 is 19.6 Å². The molecule has 13 heavy (non-hydrogen) atoms. The van der Waals surface area contributed by atoms with Gasteiger partial charge in [-0.05, 0) is 0 Å². The number of rotatable bonds is 4. The summed E-state index contributed by atoms with van der Waals surface area (Å²) < 4.78 is 4.80. The van der Waals surface area contributed by atoms with E-state index in [1.54, 1.807) is 0 Å². The van der Waals surface area contributed by atoms with Gasteiger partial charge in [-0.3, -0.25) is 0 Å². The van der Waals surface area contributed by atoms with Gasteiger partial charge in [0.05, 0.1) is 0 Å². The average Bonchev–Trinajstić information content (AvgIpc) is 1.98. The molecule has 3 heteroatoms. The summed E-state index contributed by atoms with van der Waals surface area (Å²) in [5.41, 5.74) is -0.348. The van der Waals surface area contributed by atoms with Crippen LogP contribution in [0.4, 0.5) is 0 Å². The maximum absolute atomic E-state index is 11.4. The Morgan fingerprint density at radius 3 is 2.62 bits per heavy atom. The van der Waals surface area contributed by atoms with Crippen LogP contribution in [-0.2, 0) is 9.45 Å². The Balaban J connectivity index is 2.42. The van der Waals surface area contributed by atoms with Gasteiger partial charge in [0.1, 0.15) is 0 Å². The predicted molar refractivity (Wildman–Crippen MR) is 54.7 cm³/mol. The third kappa shape index (κ3) is 2.68. The Morgan fingerprint density at radius 2 is 2.23 bits per heavy atom. The van der Waals surface area contributed by atoms with Gasteiger partial charge in [-0.15, -0.1) is 0 Å². The summed E-state index contributed by atoms with van der Waals surface area (Å²) in [6.07, 6.45) is 4.80. The van der Waals surface area contributed by atoms with E-state index in [-0.39, 0.29) is 11.4 Å². The molecule has 1 rings (SSSR count). The maximum atomic E-state index is 11.4. The first-order valence-electron chi connectivity index (χ1n) is 4.88. The minimum absolute atomic E-state index is 0.158. The fraction of sp³-hybridized carbons (Fsp3) is 0.800. The summed E-state index contributed by atoms with van der Waals surface area (Å²) >= 11 is 0. The minimum atomic E-state index is -0.348.